The van der Waals surface area contributed by atoms with Gasteiger partial charge in [0.25, 0.3) is 5.91 Å². The number of nitrogens with one attached hydrogen (secondary N) is 1. The van der Waals surface area contributed by atoms with Crippen molar-refractivity contribution in [2.45, 2.75) is 43.2 Å². The Morgan fingerprint density at radius 1 is 0.938 bits per heavy atom. The van der Waals surface area contributed by atoms with E-state index in [0.29, 0.717) is 24.2 Å². The third kappa shape index (κ3) is 7.11. The molecule has 0 radical (unpaired) electrons. The lowest BCUT2D eigenvalue weighted by molar-refractivity contribution is -0.245. The number of thioether (sulfide) groups is 1. The number of ether oxygens (including phenoxy) is 2. The molecular formula is C36H33N7O4S. The molecule has 6 aromatic rings. The Kier molecular flexibility index (Phi) is 9.48. The predicted molar refractivity (Wildman–Crippen MR) is 181 cm³/mol. The van der Waals surface area contributed by atoms with Crippen LogP contribution in [-0.4, -0.2) is 53.0 Å². The molecule has 3 heterocycles. The number of carbonyl (C=O) groups excluding carboxylic acids is 1. The number of rotatable bonds is 10. The number of amides is 1. The monoisotopic (exact) mass is 659 g/mol. The van der Waals surface area contributed by atoms with Crippen molar-refractivity contribution in [2.75, 3.05) is 5.75 Å². The van der Waals surface area contributed by atoms with Crippen LogP contribution < -0.4 is 5.32 Å². The number of fused-ring (bicyclic) bond motifs is 1. The second-order valence-corrected chi connectivity index (χ2v) is 12.4. The highest BCUT2D eigenvalue weighted by Crippen LogP contribution is 2.40. The summed E-state index contributed by atoms with van der Waals surface area (Å²) in [7, 11) is 1.81. The number of aliphatic hydroxyl groups is 1. The first-order valence-electron chi connectivity index (χ1n) is 15.6. The van der Waals surface area contributed by atoms with Gasteiger partial charge in [0.1, 0.15) is 5.69 Å². The third-order valence-electron chi connectivity index (χ3n) is 8.23. The van der Waals surface area contributed by atoms with E-state index in [2.05, 4.69) is 30.8 Å². The minimum atomic E-state index is -0.587. The van der Waals surface area contributed by atoms with Crippen molar-refractivity contribution >= 4 is 28.7 Å². The number of carbonyl (C=O) groups is 1. The van der Waals surface area contributed by atoms with E-state index in [1.54, 1.807) is 16.4 Å². The van der Waals surface area contributed by atoms with Gasteiger partial charge in [0.15, 0.2) is 6.29 Å². The molecule has 2 aromatic heterocycles. The fourth-order valence-corrected chi connectivity index (χ4v) is 6.51. The molecule has 48 heavy (non-hydrogen) atoms. The van der Waals surface area contributed by atoms with Crippen molar-refractivity contribution in [1.29, 1.82) is 0 Å². The molecule has 11 nitrogen and oxygen atoms in total. The Labute approximate surface area is 281 Å². The largest absolute Gasteiger partial charge is 0.392 e. The van der Waals surface area contributed by atoms with E-state index in [-0.39, 0.29) is 30.4 Å². The first-order chi connectivity index (χ1) is 23.5. The highest BCUT2D eigenvalue weighted by Gasteiger charge is 2.32. The number of para-hydroxylation sites is 2. The van der Waals surface area contributed by atoms with Crippen LogP contribution in [0.15, 0.2) is 108 Å². The molecule has 242 valence electrons. The Balaban J connectivity index is 1.07. The van der Waals surface area contributed by atoms with E-state index in [1.807, 2.05) is 104 Å². The van der Waals surface area contributed by atoms with Crippen LogP contribution in [0.3, 0.4) is 0 Å². The van der Waals surface area contributed by atoms with Crippen LogP contribution in [0.1, 0.15) is 51.6 Å². The zero-order chi connectivity index (χ0) is 32.9. The summed E-state index contributed by atoms with van der Waals surface area (Å²) in [6, 6.07) is 31.4. The van der Waals surface area contributed by atoms with Gasteiger partial charge in [-0.3, -0.25) is 9.78 Å². The van der Waals surface area contributed by atoms with Crippen LogP contribution in [-0.2, 0) is 29.7 Å². The van der Waals surface area contributed by atoms with E-state index in [9.17, 15) is 9.90 Å². The minimum absolute atomic E-state index is 0.0104. The van der Waals surface area contributed by atoms with Gasteiger partial charge in [-0.2, -0.15) is 0 Å². The molecule has 1 aliphatic rings. The fraction of sp³-hybridized carbons (Fsp3) is 0.222. The summed E-state index contributed by atoms with van der Waals surface area (Å²) in [5.74, 6) is 0.370. The Morgan fingerprint density at radius 2 is 1.69 bits per heavy atom. The van der Waals surface area contributed by atoms with Gasteiger partial charge in [-0.05, 0) is 50.4 Å². The van der Waals surface area contributed by atoms with Gasteiger partial charge < -0.3 is 19.9 Å². The van der Waals surface area contributed by atoms with Crippen LogP contribution in [0, 0.1) is 0 Å². The third-order valence-corrected chi connectivity index (χ3v) is 9.37. The molecule has 12 heteroatoms. The molecule has 0 spiro atoms. The maximum absolute atomic E-state index is 13.0. The number of nitrogens with zero attached hydrogens (tertiary/aromatic N) is 6. The standard InChI is InChI=1S/C36H33N7O4S/c1-43-36(40-41-42-43)48-22-28-18-33(25-12-10-23(21-44)11-13-25)47-35(46-28)26-16-14-24(15-17-26)29-7-3-2-6-27(29)19-38-34(45)32-20-37-30-8-4-5-9-31(30)39-32/h2-17,20,28,33,35,44H,18-19,21-22H2,1H3,(H,38,45)/t28-,33+,35+/m0/s1. The van der Waals surface area contributed by atoms with Crippen LogP contribution in [0.4, 0.5) is 0 Å². The minimum Gasteiger partial charge on any atom is -0.392 e. The molecular weight excluding hydrogens is 627 g/mol. The van der Waals surface area contributed by atoms with Crippen molar-refractivity contribution < 1.29 is 19.4 Å². The summed E-state index contributed by atoms with van der Waals surface area (Å²) >= 11 is 1.54. The van der Waals surface area contributed by atoms with E-state index in [4.69, 9.17) is 9.47 Å². The zero-order valence-corrected chi connectivity index (χ0v) is 27.0. The summed E-state index contributed by atoms with van der Waals surface area (Å²) in [5.41, 5.74) is 7.44. The Morgan fingerprint density at radius 3 is 2.46 bits per heavy atom. The van der Waals surface area contributed by atoms with Gasteiger partial charge in [-0.1, -0.05) is 96.7 Å². The Bertz CT molecular complexity index is 2020. The zero-order valence-electron chi connectivity index (χ0n) is 26.1. The van der Waals surface area contributed by atoms with Crippen molar-refractivity contribution in [1.82, 2.24) is 35.5 Å². The average Bonchev–Trinajstić information content (AvgIpc) is 3.57. The predicted octanol–water partition coefficient (Wildman–Crippen LogP) is 5.58. The van der Waals surface area contributed by atoms with Gasteiger partial charge >= 0.3 is 0 Å². The van der Waals surface area contributed by atoms with Gasteiger partial charge in [-0.25, -0.2) is 9.67 Å². The lowest BCUT2D eigenvalue weighted by Gasteiger charge is -2.36. The van der Waals surface area contributed by atoms with Crippen molar-refractivity contribution in [3.63, 3.8) is 0 Å². The number of benzene rings is 4. The van der Waals surface area contributed by atoms with Crippen LogP contribution in [0.2, 0.25) is 0 Å². The molecule has 1 aliphatic heterocycles. The molecule has 0 unspecified atom stereocenters. The molecule has 1 fully saturated rings. The SMILES string of the molecule is Cn1nnnc1SC[C@@H]1C[C@H](c2ccc(CO)cc2)O[C@H](c2ccc(-c3ccccc3CNC(=O)c3cnc4ccccc4n3)cc2)O1. The molecule has 1 amide bonds. The van der Waals surface area contributed by atoms with Crippen LogP contribution in [0.5, 0.6) is 0 Å². The number of aliphatic hydroxyl groups excluding tert-OH is 1. The van der Waals surface area contributed by atoms with Crippen molar-refractivity contribution in [3.8, 4) is 11.1 Å². The summed E-state index contributed by atoms with van der Waals surface area (Å²) in [5, 5.41) is 25.0. The molecule has 3 atom stereocenters. The smallest absolute Gasteiger partial charge is 0.271 e. The second-order valence-electron chi connectivity index (χ2n) is 11.5. The van der Waals surface area contributed by atoms with Gasteiger partial charge in [-0.15, -0.1) is 5.10 Å². The van der Waals surface area contributed by atoms with Gasteiger partial charge in [0, 0.05) is 31.3 Å². The quantitative estimate of drug-likeness (QED) is 0.179. The van der Waals surface area contributed by atoms with Crippen LogP contribution >= 0.6 is 11.8 Å². The average molecular weight is 660 g/mol. The summed E-state index contributed by atoms with van der Waals surface area (Å²) in [6.45, 7) is 0.320. The highest BCUT2D eigenvalue weighted by molar-refractivity contribution is 7.99. The highest BCUT2D eigenvalue weighted by atomic mass is 32.2. The molecule has 4 aromatic carbocycles. The van der Waals surface area contributed by atoms with Gasteiger partial charge in [0.05, 0.1) is 36.0 Å². The number of hydrogen-bond donors (Lipinski definition) is 2. The van der Waals surface area contributed by atoms with E-state index >= 15 is 0 Å². The molecule has 2 N–H and O–H groups in total. The number of aromatic nitrogens is 6. The van der Waals surface area contributed by atoms with E-state index < -0.39 is 6.29 Å². The topological polar surface area (TPSA) is 137 Å². The Hall–Kier alpha value is -5.01. The maximum atomic E-state index is 13.0. The second kappa shape index (κ2) is 14.4. The lowest BCUT2D eigenvalue weighted by Crippen LogP contribution is -2.31. The number of tetrazole rings is 1. The van der Waals surface area contributed by atoms with Crippen LogP contribution in [0.25, 0.3) is 22.2 Å². The van der Waals surface area contributed by atoms with Gasteiger partial charge in [0.2, 0.25) is 5.16 Å². The molecule has 0 saturated carbocycles. The molecule has 1 saturated heterocycles. The van der Waals surface area contributed by atoms with Crippen molar-refractivity contribution in [3.05, 3.63) is 131 Å². The van der Waals surface area contributed by atoms with E-state index in [0.717, 1.165) is 44.1 Å². The number of aryl methyl sites for hydroxylation is 1. The molecule has 0 bridgehead atoms. The first kappa shape index (κ1) is 31.6. The fourth-order valence-electron chi connectivity index (χ4n) is 5.64. The summed E-state index contributed by atoms with van der Waals surface area (Å²) < 4.78 is 14.7. The first-order valence-corrected chi connectivity index (χ1v) is 16.6. The summed E-state index contributed by atoms with van der Waals surface area (Å²) in [4.78, 5) is 21.8. The lowest BCUT2D eigenvalue weighted by atomic mass is 9.97. The maximum Gasteiger partial charge on any atom is 0.271 e. The number of hydrogen-bond acceptors (Lipinski definition) is 10. The molecule has 0 aliphatic carbocycles. The normalized spacial score (nSPS) is 17.8. The van der Waals surface area contributed by atoms with E-state index in [1.165, 1.54) is 6.20 Å². The molecule has 7 rings (SSSR count). The van der Waals surface area contributed by atoms with Crippen molar-refractivity contribution in [2.24, 2.45) is 7.05 Å². The summed E-state index contributed by atoms with van der Waals surface area (Å²) in [6.07, 6.45) is 1.26.